The van der Waals surface area contributed by atoms with Crippen LogP contribution in [0.15, 0.2) is 54.6 Å². The second kappa shape index (κ2) is 11.3. The molecule has 1 N–H and O–H groups in total. The van der Waals surface area contributed by atoms with Crippen molar-refractivity contribution in [2.24, 2.45) is 0 Å². The fourth-order valence-electron chi connectivity index (χ4n) is 4.05. The van der Waals surface area contributed by atoms with Gasteiger partial charge in [0.05, 0.1) is 12.2 Å². The first kappa shape index (κ1) is 24.6. The van der Waals surface area contributed by atoms with Gasteiger partial charge in [-0.15, -0.1) is 11.3 Å². The van der Waals surface area contributed by atoms with Crippen LogP contribution in [0.2, 0.25) is 0 Å². The first-order valence-electron chi connectivity index (χ1n) is 11.4. The number of halogens is 2. The summed E-state index contributed by atoms with van der Waals surface area (Å²) in [5, 5.41) is 3.44. The molecule has 0 atom stereocenters. The lowest BCUT2D eigenvalue weighted by atomic mass is 9.95. The van der Waals surface area contributed by atoms with Crippen molar-refractivity contribution in [1.82, 2.24) is 0 Å². The Hall–Kier alpha value is -3.52. The van der Waals surface area contributed by atoms with Gasteiger partial charge in [-0.05, 0) is 67.5 Å². The van der Waals surface area contributed by atoms with Crippen LogP contribution in [0.25, 0.3) is 11.6 Å². The van der Waals surface area contributed by atoms with E-state index >= 15 is 0 Å². The number of carbonyl (C=O) groups is 2. The molecule has 0 saturated heterocycles. The number of anilines is 1. The molecule has 0 unspecified atom stereocenters. The third kappa shape index (κ3) is 5.95. The number of fused-ring (bicyclic) bond motifs is 1. The number of carbonyl (C=O) groups excluding carboxylic acids is 2. The van der Waals surface area contributed by atoms with Crippen LogP contribution in [-0.4, -0.2) is 25.1 Å². The highest BCUT2D eigenvalue weighted by Gasteiger charge is 2.28. The van der Waals surface area contributed by atoms with Gasteiger partial charge in [0.1, 0.15) is 10.8 Å². The molecule has 2 aromatic carbocycles. The van der Waals surface area contributed by atoms with Crippen molar-refractivity contribution >= 4 is 39.9 Å². The first-order valence-corrected chi connectivity index (χ1v) is 12.2. The number of alkyl halides is 2. The Morgan fingerprint density at radius 2 is 1.77 bits per heavy atom. The summed E-state index contributed by atoms with van der Waals surface area (Å²) in [6.45, 7) is -0.910. The molecule has 0 fully saturated rings. The van der Waals surface area contributed by atoms with Crippen LogP contribution in [0.3, 0.4) is 0 Å². The summed E-state index contributed by atoms with van der Waals surface area (Å²) in [4.78, 5) is 27.4. The van der Waals surface area contributed by atoms with Crippen molar-refractivity contribution in [3.8, 4) is 5.75 Å². The molecule has 0 aliphatic heterocycles. The summed E-state index contributed by atoms with van der Waals surface area (Å²) in [7, 11) is 0. The van der Waals surface area contributed by atoms with Crippen molar-refractivity contribution in [1.29, 1.82) is 0 Å². The molecule has 3 aromatic rings. The van der Waals surface area contributed by atoms with Gasteiger partial charge < -0.3 is 14.8 Å². The molecular weight excluding hydrogens is 472 g/mol. The molecule has 35 heavy (non-hydrogen) atoms. The Balaban J connectivity index is 1.68. The summed E-state index contributed by atoms with van der Waals surface area (Å²) < 4.78 is 34.6. The van der Waals surface area contributed by atoms with E-state index in [1.54, 1.807) is 25.1 Å². The number of nitrogens with one attached hydrogen (secondary N) is 1. The minimum atomic E-state index is -2.91. The fourth-order valence-corrected chi connectivity index (χ4v) is 5.33. The molecule has 0 radical (unpaired) electrons. The average Bonchev–Trinajstić information content (AvgIpc) is 3.21. The number of amides is 1. The van der Waals surface area contributed by atoms with Crippen LogP contribution in [0.1, 0.15) is 51.7 Å². The number of esters is 1. The molecule has 0 spiro atoms. The zero-order valence-electron chi connectivity index (χ0n) is 19.2. The molecule has 182 valence electrons. The molecule has 1 aromatic heterocycles. The SMILES string of the molecule is CCOC(=O)c1c(NC(=O)/C(=C/c2ccc(OC(F)F)cc2)c2ccccc2)sc2c1CCCC2. The van der Waals surface area contributed by atoms with Gasteiger partial charge in [0.2, 0.25) is 0 Å². The third-order valence-electron chi connectivity index (χ3n) is 5.62. The number of thiophene rings is 1. The number of ether oxygens (including phenoxy) is 2. The standard InChI is InChI=1S/C27H25F2NO4S/c1-2-33-26(32)23-20-10-6-7-11-22(20)35-25(23)30-24(31)21(18-8-4-3-5-9-18)16-17-12-14-19(15-13-17)34-27(28)29/h3-5,8-9,12-16,27H,2,6-7,10-11H2,1H3,(H,30,31)/b21-16+. The van der Waals surface area contributed by atoms with E-state index < -0.39 is 12.6 Å². The molecule has 5 nitrogen and oxygen atoms in total. The molecule has 1 aliphatic rings. The van der Waals surface area contributed by atoms with Crippen molar-refractivity contribution in [3.05, 3.63) is 81.7 Å². The Morgan fingerprint density at radius 1 is 1.06 bits per heavy atom. The molecule has 1 heterocycles. The van der Waals surface area contributed by atoms with Gasteiger partial charge >= 0.3 is 12.6 Å². The predicted molar refractivity (Wildman–Crippen MR) is 133 cm³/mol. The van der Waals surface area contributed by atoms with Gasteiger partial charge in [0, 0.05) is 10.5 Å². The number of hydrogen-bond acceptors (Lipinski definition) is 5. The van der Waals surface area contributed by atoms with E-state index in [2.05, 4.69) is 10.1 Å². The van der Waals surface area contributed by atoms with Crippen molar-refractivity contribution in [2.45, 2.75) is 39.2 Å². The van der Waals surface area contributed by atoms with Gasteiger partial charge in [-0.25, -0.2) is 4.79 Å². The summed E-state index contributed by atoms with van der Waals surface area (Å²) in [6.07, 6.45) is 5.36. The van der Waals surface area contributed by atoms with Crippen LogP contribution in [-0.2, 0) is 22.4 Å². The number of rotatable bonds is 8. The van der Waals surface area contributed by atoms with Crippen LogP contribution in [0, 0.1) is 0 Å². The first-order chi connectivity index (χ1) is 17.0. The molecule has 0 bridgehead atoms. The lowest BCUT2D eigenvalue weighted by Crippen LogP contribution is -2.16. The van der Waals surface area contributed by atoms with Gasteiger partial charge in [-0.2, -0.15) is 8.78 Å². The second-order valence-electron chi connectivity index (χ2n) is 7.96. The van der Waals surface area contributed by atoms with E-state index in [4.69, 9.17) is 4.74 Å². The molecular formula is C27H25F2NO4S. The van der Waals surface area contributed by atoms with E-state index in [0.717, 1.165) is 36.1 Å². The van der Waals surface area contributed by atoms with Crippen molar-refractivity contribution in [2.75, 3.05) is 11.9 Å². The minimum absolute atomic E-state index is 0.0334. The normalized spacial score (nSPS) is 13.3. The zero-order chi connectivity index (χ0) is 24.8. The topological polar surface area (TPSA) is 64.6 Å². The Morgan fingerprint density at radius 3 is 2.46 bits per heavy atom. The van der Waals surface area contributed by atoms with Crippen LogP contribution in [0.4, 0.5) is 13.8 Å². The van der Waals surface area contributed by atoms with E-state index in [9.17, 15) is 18.4 Å². The molecule has 4 rings (SSSR count). The number of benzene rings is 2. The maximum atomic E-state index is 13.5. The zero-order valence-corrected chi connectivity index (χ0v) is 20.0. The number of hydrogen-bond donors (Lipinski definition) is 1. The summed E-state index contributed by atoms with van der Waals surface area (Å²) >= 11 is 1.42. The van der Waals surface area contributed by atoms with Crippen molar-refractivity contribution < 1.29 is 27.8 Å². The largest absolute Gasteiger partial charge is 0.462 e. The summed E-state index contributed by atoms with van der Waals surface area (Å²) in [5.41, 5.74) is 3.10. The third-order valence-corrected chi connectivity index (χ3v) is 6.83. The van der Waals surface area contributed by atoms with Gasteiger partial charge in [0.15, 0.2) is 0 Å². The quantitative estimate of drug-likeness (QED) is 0.217. The van der Waals surface area contributed by atoms with Gasteiger partial charge in [-0.3, -0.25) is 4.79 Å². The smallest absolute Gasteiger partial charge is 0.387 e. The predicted octanol–water partition coefficient (Wildman–Crippen LogP) is 6.58. The Bertz CT molecular complexity index is 1220. The molecule has 1 aliphatic carbocycles. The Labute approximate surface area is 206 Å². The lowest BCUT2D eigenvalue weighted by molar-refractivity contribution is -0.111. The van der Waals surface area contributed by atoms with E-state index in [0.29, 0.717) is 27.3 Å². The Kier molecular flexibility index (Phi) is 7.92. The highest BCUT2D eigenvalue weighted by molar-refractivity contribution is 7.17. The van der Waals surface area contributed by atoms with Gasteiger partial charge in [0.25, 0.3) is 5.91 Å². The fraction of sp³-hybridized carbons (Fsp3) is 0.259. The van der Waals surface area contributed by atoms with Crippen molar-refractivity contribution in [3.63, 3.8) is 0 Å². The lowest BCUT2D eigenvalue weighted by Gasteiger charge is -2.13. The molecule has 8 heteroatoms. The highest BCUT2D eigenvalue weighted by atomic mass is 32.1. The number of aryl methyl sites for hydroxylation is 1. The monoisotopic (exact) mass is 497 g/mol. The van der Waals surface area contributed by atoms with Crippen LogP contribution in [0.5, 0.6) is 5.75 Å². The van der Waals surface area contributed by atoms with E-state index in [-0.39, 0.29) is 18.3 Å². The van der Waals surface area contributed by atoms with Crippen LogP contribution < -0.4 is 10.1 Å². The van der Waals surface area contributed by atoms with E-state index in [1.165, 1.54) is 23.5 Å². The maximum absolute atomic E-state index is 13.5. The molecule has 1 amide bonds. The second-order valence-corrected chi connectivity index (χ2v) is 9.07. The molecule has 0 saturated carbocycles. The highest BCUT2D eigenvalue weighted by Crippen LogP contribution is 2.39. The van der Waals surface area contributed by atoms with Gasteiger partial charge in [-0.1, -0.05) is 42.5 Å². The van der Waals surface area contributed by atoms with Crippen LogP contribution >= 0.6 is 11.3 Å². The van der Waals surface area contributed by atoms with E-state index in [1.807, 2.05) is 30.3 Å². The summed E-state index contributed by atoms with van der Waals surface area (Å²) in [5.74, 6) is -0.776. The maximum Gasteiger partial charge on any atom is 0.387 e. The average molecular weight is 498 g/mol. The minimum Gasteiger partial charge on any atom is -0.462 e. The summed E-state index contributed by atoms with van der Waals surface area (Å²) in [6, 6.07) is 15.2.